The quantitative estimate of drug-likeness (QED) is 0.273. The number of amides is 1. The first-order chi connectivity index (χ1) is 14.5. The molecule has 0 unspecified atom stereocenters. The molecule has 2 aromatic carbocycles. The van der Waals surface area contributed by atoms with Crippen molar-refractivity contribution in [3.05, 3.63) is 66.2 Å². The molecule has 0 aliphatic rings. The Morgan fingerprint density at radius 1 is 0.967 bits per heavy atom. The van der Waals surface area contributed by atoms with E-state index in [1.165, 1.54) is 19.3 Å². The maximum Gasteiger partial charge on any atom is 0.257 e. The first-order valence-corrected chi connectivity index (χ1v) is 10.6. The third-order valence-electron chi connectivity index (χ3n) is 4.21. The highest BCUT2D eigenvalue weighted by atomic mass is 32.1. The Labute approximate surface area is 184 Å². The molecule has 160 valence electrons. The lowest BCUT2D eigenvalue weighted by atomic mass is 10.2. The fraction of sp³-hybridized carbons (Fsp3) is 0.333. The second-order valence-electron chi connectivity index (χ2n) is 7.11. The van der Waals surface area contributed by atoms with Gasteiger partial charge in [0, 0.05) is 11.3 Å². The predicted molar refractivity (Wildman–Crippen MR) is 127 cm³/mol. The molecular formula is C24H30N2O3S. The van der Waals surface area contributed by atoms with Gasteiger partial charge in [0.2, 0.25) is 0 Å². The molecule has 0 heterocycles. The topological polar surface area (TPSA) is 59.6 Å². The second kappa shape index (κ2) is 12.6. The zero-order valence-corrected chi connectivity index (χ0v) is 18.5. The normalized spacial score (nSPS) is 10.2. The van der Waals surface area contributed by atoms with Gasteiger partial charge in [-0.15, -0.1) is 0 Å². The van der Waals surface area contributed by atoms with E-state index in [9.17, 15) is 4.79 Å². The average molecular weight is 427 g/mol. The summed E-state index contributed by atoms with van der Waals surface area (Å²) >= 11 is 5.24. The van der Waals surface area contributed by atoms with Crippen molar-refractivity contribution in [2.75, 3.05) is 18.5 Å². The molecule has 5 nitrogen and oxygen atoms in total. The zero-order valence-electron chi connectivity index (χ0n) is 17.7. The van der Waals surface area contributed by atoms with E-state index in [1.54, 1.807) is 24.3 Å². The lowest BCUT2D eigenvalue weighted by molar-refractivity contribution is 0.0977. The summed E-state index contributed by atoms with van der Waals surface area (Å²) in [6, 6.07) is 14.4. The van der Waals surface area contributed by atoms with Crippen LogP contribution in [0.2, 0.25) is 0 Å². The van der Waals surface area contributed by atoms with Crippen LogP contribution in [0.25, 0.3) is 0 Å². The monoisotopic (exact) mass is 426 g/mol. The number of thiocarbonyl (C=S) groups is 1. The molecule has 0 saturated heterocycles. The van der Waals surface area contributed by atoms with Crippen LogP contribution in [0.5, 0.6) is 11.5 Å². The minimum Gasteiger partial charge on any atom is -0.494 e. The molecular weight excluding hydrogens is 396 g/mol. The van der Waals surface area contributed by atoms with E-state index in [-0.39, 0.29) is 11.0 Å². The van der Waals surface area contributed by atoms with Gasteiger partial charge in [-0.1, -0.05) is 32.8 Å². The molecule has 0 fully saturated rings. The van der Waals surface area contributed by atoms with Gasteiger partial charge in [0.25, 0.3) is 5.91 Å². The highest BCUT2D eigenvalue weighted by Crippen LogP contribution is 2.16. The Hall–Kier alpha value is -2.86. The van der Waals surface area contributed by atoms with Gasteiger partial charge in [-0.25, -0.2) is 0 Å². The number of hydrogen-bond acceptors (Lipinski definition) is 4. The maximum absolute atomic E-state index is 12.4. The summed E-state index contributed by atoms with van der Waals surface area (Å²) in [7, 11) is 0. The summed E-state index contributed by atoms with van der Waals surface area (Å²) < 4.78 is 11.3. The van der Waals surface area contributed by atoms with Crippen LogP contribution in [0.3, 0.4) is 0 Å². The molecule has 2 N–H and O–H groups in total. The number of carbonyl (C=O) groups excluding carboxylic acids is 1. The Balaban J connectivity index is 1.78. The van der Waals surface area contributed by atoms with Crippen molar-refractivity contribution < 1.29 is 14.3 Å². The van der Waals surface area contributed by atoms with Crippen LogP contribution in [-0.4, -0.2) is 24.2 Å². The van der Waals surface area contributed by atoms with E-state index >= 15 is 0 Å². The Kier molecular flexibility index (Phi) is 9.87. The van der Waals surface area contributed by atoms with Crippen molar-refractivity contribution in [1.29, 1.82) is 0 Å². The molecule has 0 spiro atoms. The first kappa shape index (κ1) is 23.4. The first-order valence-electron chi connectivity index (χ1n) is 10.2. The minimum absolute atomic E-state index is 0.229. The standard InChI is InChI=1S/C24H30N2O3S/c1-4-5-6-7-16-28-21-12-8-19(9-13-21)23(27)26-24(30)25-20-10-14-22(15-11-20)29-17-18(2)3/h8-15H,2,4-7,16-17H2,1,3H3,(H2,25,26,27,30). The van der Waals surface area contributed by atoms with Gasteiger partial charge in [-0.2, -0.15) is 0 Å². The maximum atomic E-state index is 12.4. The number of nitrogens with one attached hydrogen (secondary N) is 2. The summed E-state index contributed by atoms with van der Waals surface area (Å²) in [5.41, 5.74) is 2.23. The number of anilines is 1. The number of benzene rings is 2. The van der Waals surface area contributed by atoms with Gasteiger partial charge in [-0.05, 0) is 79.7 Å². The van der Waals surface area contributed by atoms with Crippen molar-refractivity contribution >= 4 is 28.9 Å². The van der Waals surface area contributed by atoms with Crippen LogP contribution >= 0.6 is 12.2 Å². The zero-order chi connectivity index (χ0) is 21.8. The number of hydrogen-bond donors (Lipinski definition) is 2. The third-order valence-corrected chi connectivity index (χ3v) is 4.41. The molecule has 0 aromatic heterocycles. The SMILES string of the molecule is C=C(C)COc1ccc(NC(=S)NC(=O)c2ccc(OCCCCCC)cc2)cc1. The molecule has 0 saturated carbocycles. The van der Waals surface area contributed by atoms with Crippen molar-refractivity contribution in [3.63, 3.8) is 0 Å². The van der Waals surface area contributed by atoms with E-state index < -0.39 is 0 Å². The Morgan fingerprint density at radius 3 is 2.23 bits per heavy atom. The fourth-order valence-electron chi connectivity index (χ4n) is 2.60. The number of ether oxygens (including phenoxy) is 2. The summed E-state index contributed by atoms with van der Waals surface area (Å²) in [6.07, 6.45) is 4.64. The number of rotatable bonds is 11. The van der Waals surface area contributed by atoms with E-state index in [0.29, 0.717) is 18.8 Å². The molecule has 0 aliphatic carbocycles. The van der Waals surface area contributed by atoms with Crippen LogP contribution in [0, 0.1) is 0 Å². The molecule has 30 heavy (non-hydrogen) atoms. The van der Waals surface area contributed by atoms with Gasteiger partial charge in [0.1, 0.15) is 18.1 Å². The van der Waals surface area contributed by atoms with E-state index in [0.717, 1.165) is 29.2 Å². The predicted octanol–water partition coefficient (Wildman–Crippen LogP) is 5.73. The molecule has 0 radical (unpaired) electrons. The summed E-state index contributed by atoms with van der Waals surface area (Å²) in [5, 5.41) is 5.90. The lowest BCUT2D eigenvalue weighted by Gasteiger charge is -2.11. The van der Waals surface area contributed by atoms with Crippen molar-refractivity contribution in [1.82, 2.24) is 5.32 Å². The molecule has 2 rings (SSSR count). The van der Waals surface area contributed by atoms with Crippen molar-refractivity contribution in [2.24, 2.45) is 0 Å². The molecule has 1 amide bonds. The summed E-state index contributed by atoms with van der Waals surface area (Å²) in [5.74, 6) is 1.23. The minimum atomic E-state index is -0.275. The largest absolute Gasteiger partial charge is 0.494 e. The van der Waals surface area contributed by atoms with Gasteiger partial charge in [-0.3, -0.25) is 10.1 Å². The van der Waals surface area contributed by atoms with Gasteiger partial charge < -0.3 is 14.8 Å². The lowest BCUT2D eigenvalue weighted by Crippen LogP contribution is -2.34. The van der Waals surface area contributed by atoms with Crippen molar-refractivity contribution in [3.8, 4) is 11.5 Å². The van der Waals surface area contributed by atoms with Crippen LogP contribution in [-0.2, 0) is 0 Å². The average Bonchev–Trinajstić information content (AvgIpc) is 2.73. The van der Waals surface area contributed by atoms with Gasteiger partial charge in [0.05, 0.1) is 6.61 Å². The van der Waals surface area contributed by atoms with Gasteiger partial charge >= 0.3 is 0 Å². The molecule has 0 bridgehead atoms. The van der Waals surface area contributed by atoms with Crippen LogP contribution in [0.4, 0.5) is 5.69 Å². The Morgan fingerprint density at radius 2 is 1.60 bits per heavy atom. The number of unbranched alkanes of at least 4 members (excludes halogenated alkanes) is 3. The van der Waals surface area contributed by atoms with E-state index in [4.69, 9.17) is 21.7 Å². The summed E-state index contributed by atoms with van der Waals surface area (Å²) in [6.45, 7) is 9.06. The molecule has 0 aliphatic heterocycles. The smallest absolute Gasteiger partial charge is 0.257 e. The summed E-state index contributed by atoms with van der Waals surface area (Å²) in [4.78, 5) is 12.4. The Bertz CT molecular complexity index is 833. The number of carbonyl (C=O) groups is 1. The third kappa shape index (κ3) is 8.66. The van der Waals surface area contributed by atoms with Crippen LogP contribution in [0.15, 0.2) is 60.7 Å². The van der Waals surface area contributed by atoms with Crippen LogP contribution < -0.4 is 20.1 Å². The van der Waals surface area contributed by atoms with E-state index in [1.807, 2.05) is 31.2 Å². The highest BCUT2D eigenvalue weighted by molar-refractivity contribution is 7.80. The second-order valence-corrected chi connectivity index (χ2v) is 7.52. The molecule has 0 atom stereocenters. The van der Waals surface area contributed by atoms with E-state index in [2.05, 4.69) is 24.1 Å². The highest BCUT2D eigenvalue weighted by Gasteiger charge is 2.08. The molecule has 2 aromatic rings. The van der Waals surface area contributed by atoms with Gasteiger partial charge in [0.15, 0.2) is 5.11 Å². The fourth-order valence-corrected chi connectivity index (χ4v) is 2.81. The van der Waals surface area contributed by atoms with Crippen molar-refractivity contribution in [2.45, 2.75) is 39.5 Å². The van der Waals surface area contributed by atoms with Crippen LogP contribution in [0.1, 0.15) is 49.9 Å². The molecule has 6 heteroatoms.